The van der Waals surface area contributed by atoms with Gasteiger partial charge in [0.15, 0.2) is 0 Å². The van der Waals surface area contributed by atoms with Gasteiger partial charge < -0.3 is 9.88 Å². The van der Waals surface area contributed by atoms with Crippen LogP contribution in [-0.4, -0.2) is 16.1 Å². The quantitative estimate of drug-likeness (QED) is 0.744. The number of nitrogens with one attached hydrogen (secondary N) is 1. The molecule has 1 aromatic heterocycles. The van der Waals surface area contributed by atoms with Gasteiger partial charge in [0.1, 0.15) is 0 Å². The second-order valence-electron chi connectivity index (χ2n) is 3.69. The van der Waals surface area contributed by atoms with Crippen LogP contribution in [0.3, 0.4) is 0 Å². The first-order valence-electron chi connectivity index (χ1n) is 5.06. The number of hydrogen-bond acceptors (Lipinski definition) is 2. The van der Waals surface area contributed by atoms with E-state index >= 15 is 0 Å². The zero-order chi connectivity index (χ0) is 9.26. The van der Waals surface area contributed by atoms with Gasteiger partial charge in [0.05, 0.1) is 18.1 Å². The number of aryl methyl sites for hydroxylation is 1. The molecule has 0 saturated carbocycles. The van der Waals surface area contributed by atoms with Gasteiger partial charge in [-0.25, -0.2) is 4.98 Å². The molecule has 0 fully saturated rings. The van der Waals surface area contributed by atoms with E-state index in [1.54, 1.807) is 0 Å². The van der Waals surface area contributed by atoms with Crippen molar-refractivity contribution >= 4 is 0 Å². The minimum Gasteiger partial charge on any atom is -0.337 e. The molecule has 0 bridgehead atoms. The molecule has 1 aliphatic rings. The van der Waals surface area contributed by atoms with E-state index in [0.717, 1.165) is 6.54 Å². The molecule has 0 aliphatic heterocycles. The molecule has 1 atom stereocenters. The highest BCUT2D eigenvalue weighted by atomic mass is 15.1. The lowest BCUT2D eigenvalue weighted by Gasteiger charge is -2.22. The molecular formula is C10H17N3. The minimum absolute atomic E-state index is 0.495. The average molecular weight is 179 g/mol. The zero-order valence-corrected chi connectivity index (χ0v) is 8.38. The van der Waals surface area contributed by atoms with Crippen molar-refractivity contribution in [3.05, 3.63) is 17.7 Å². The molecule has 2 rings (SSSR count). The summed E-state index contributed by atoms with van der Waals surface area (Å²) in [5.74, 6) is 0. The summed E-state index contributed by atoms with van der Waals surface area (Å²) < 4.78 is 2.15. The lowest BCUT2D eigenvalue weighted by atomic mass is 9.96. The van der Waals surface area contributed by atoms with Crippen molar-refractivity contribution in [3.8, 4) is 0 Å². The first kappa shape index (κ1) is 8.75. The SMILES string of the molecule is CCN[C@H]1CCCc2c1ncn2C. The van der Waals surface area contributed by atoms with Crippen LogP contribution >= 0.6 is 0 Å². The Balaban J connectivity index is 2.27. The predicted octanol–water partition coefficient (Wildman–Crippen LogP) is 1.41. The molecular weight excluding hydrogens is 162 g/mol. The first-order chi connectivity index (χ1) is 6.33. The number of hydrogen-bond donors (Lipinski definition) is 1. The second-order valence-corrected chi connectivity index (χ2v) is 3.69. The monoisotopic (exact) mass is 179 g/mol. The van der Waals surface area contributed by atoms with Crippen molar-refractivity contribution in [3.63, 3.8) is 0 Å². The molecule has 0 aromatic carbocycles. The van der Waals surface area contributed by atoms with Crippen molar-refractivity contribution in [2.24, 2.45) is 7.05 Å². The molecule has 72 valence electrons. The molecule has 1 N–H and O–H groups in total. The van der Waals surface area contributed by atoms with Crippen molar-refractivity contribution in [2.45, 2.75) is 32.2 Å². The first-order valence-corrected chi connectivity index (χ1v) is 5.06. The van der Waals surface area contributed by atoms with Crippen molar-refractivity contribution in [2.75, 3.05) is 6.54 Å². The van der Waals surface area contributed by atoms with E-state index in [4.69, 9.17) is 0 Å². The summed E-state index contributed by atoms with van der Waals surface area (Å²) >= 11 is 0. The Bertz CT molecular complexity index is 290. The van der Waals surface area contributed by atoms with Crippen LogP contribution in [-0.2, 0) is 13.5 Å². The molecule has 0 unspecified atom stereocenters. The van der Waals surface area contributed by atoms with Crippen LogP contribution < -0.4 is 5.32 Å². The number of nitrogens with zero attached hydrogens (tertiary/aromatic N) is 2. The Labute approximate surface area is 79.2 Å². The molecule has 1 aromatic rings. The smallest absolute Gasteiger partial charge is 0.0949 e. The molecule has 1 aliphatic carbocycles. The number of imidazole rings is 1. The molecule has 3 heteroatoms. The molecule has 1 heterocycles. The van der Waals surface area contributed by atoms with E-state index in [9.17, 15) is 0 Å². The lowest BCUT2D eigenvalue weighted by Crippen LogP contribution is -2.25. The summed E-state index contributed by atoms with van der Waals surface area (Å²) in [6.45, 7) is 3.18. The maximum absolute atomic E-state index is 4.46. The predicted molar refractivity (Wildman–Crippen MR) is 52.6 cm³/mol. The Morgan fingerprint density at radius 3 is 3.31 bits per heavy atom. The Morgan fingerprint density at radius 1 is 1.69 bits per heavy atom. The molecule has 3 nitrogen and oxygen atoms in total. The maximum Gasteiger partial charge on any atom is 0.0949 e. The fourth-order valence-corrected chi connectivity index (χ4v) is 2.12. The lowest BCUT2D eigenvalue weighted by molar-refractivity contribution is 0.457. The van der Waals surface area contributed by atoms with E-state index in [1.807, 2.05) is 6.33 Å². The number of fused-ring (bicyclic) bond motifs is 1. The fourth-order valence-electron chi connectivity index (χ4n) is 2.12. The van der Waals surface area contributed by atoms with Crippen LogP contribution in [0.5, 0.6) is 0 Å². The standard InChI is InChI=1S/C10H17N3/c1-3-11-8-5-4-6-9-10(8)12-7-13(9)2/h7-8,11H,3-6H2,1-2H3/t8-/m0/s1. The van der Waals surface area contributed by atoms with Crippen LogP contribution in [0.4, 0.5) is 0 Å². The molecule has 0 amide bonds. The molecule has 0 spiro atoms. The van der Waals surface area contributed by atoms with Crippen molar-refractivity contribution in [1.82, 2.24) is 14.9 Å². The van der Waals surface area contributed by atoms with E-state index in [1.165, 1.54) is 30.7 Å². The van der Waals surface area contributed by atoms with Gasteiger partial charge in [-0.2, -0.15) is 0 Å². The summed E-state index contributed by atoms with van der Waals surface area (Å²) in [5, 5.41) is 3.48. The minimum atomic E-state index is 0.495. The van der Waals surface area contributed by atoms with Crippen LogP contribution in [0.15, 0.2) is 6.33 Å². The Morgan fingerprint density at radius 2 is 2.54 bits per heavy atom. The van der Waals surface area contributed by atoms with Gasteiger partial charge in [0, 0.05) is 12.7 Å². The Kier molecular flexibility index (Phi) is 2.36. The largest absolute Gasteiger partial charge is 0.337 e. The van der Waals surface area contributed by atoms with E-state index in [-0.39, 0.29) is 0 Å². The summed E-state index contributed by atoms with van der Waals surface area (Å²) in [5.41, 5.74) is 2.69. The van der Waals surface area contributed by atoms with E-state index in [2.05, 4.69) is 28.8 Å². The van der Waals surface area contributed by atoms with Crippen LogP contribution in [0, 0.1) is 0 Å². The highest BCUT2D eigenvalue weighted by Crippen LogP contribution is 2.27. The molecule has 0 saturated heterocycles. The average Bonchev–Trinajstić information content (AvgIpc) is 2.50. The molecule has 0 radical (unpaired) electrons. The zero-order valence-electron chi connectivity index (χ0n) is 8.38. The van der Waals surface area contributed by atoms with Crippen LogP contribution in [0.1, 0.15) is 37.2 Å². The summed E-state index contributed by atoms with van der Waals surface area (Å²) in [7, 11) is 2.08. The van der Waals surface area contributed by atoms with Gasteiger partial charge in [-0.3, -0.25) is 0 Å². The summed E-state index contributed by atoms with van der Waals surface area (Å²) in [6, 6.07) is 0.495. The van der Waals surface area contributed by atoms with Gasteiger partial charge in [-0.1, -0.05) is 6.92 Å². The number of aromatic nitrogens is 2. The molecule has 13 heavy (non-hydrogen) atoms. The highest BCUT2D eigenvalue weighted by Gasteiger charge is 2.22. The van der Waals surface area contributed by atoms with Crippen LogP contribution in [0.25, 0.3) is 0 Å². The van der Waals surface area contributed by atoms with Crippen molar-refractivity contribution < 1.29 is 0 Å². The third kappa shape index (κ3) is 1.48. The van der Waals surface area contributed by atoms with Crippen LogP contribution in [0.2, 0.25) is 0 Å². The fraction of sp³-hybridized carbons (Fsp3) is 0.700. The van der Waals surface area contributed by atoms with Gasteiger partial charge in [-0.15, -0.1) is 0 Å². The van der Waals surface area contributed by atoms with Gasteiger partial charge in [0.25, 0.3) is 0 Å². The topological polar surface area (TPSA) is 29.9 Å². The number of rotatable bonds is 2. The van der Waals surface area contributed by atoms with Crippen molar-refractivity contribution in [1.29, 1.82) is 0 Å². The van der Waals surface area contributed by atoms with E-state index < -0.39 is 0 Å². The third-order valence-electron chi connectivity index (χ3n) is 2.78. The maximum atomic E-state index is 4.46. The normalized spacial score (nSPS) is 21.5. The highest BCUT2D eigenvalue weighted by molar-refractivity contribution is 5.20. The third-order valence-corrected chi connectivity index (χ3v) is 2.78. The summed E-state index contributed by atoms with van der Waals surface area (Å²) in [4.78, 5) is 4.46. The second kappa shape index (κ2) is 3.50. The Hall–Kier alpha value is -0.830. The van der Waals surface area contributed by atoms with Gasteiger partial charge in [0.2, 0.25) is 0 Å². The van der Waals surface area contributed by atoms with Gasteiger partial charge >= 0.3 is 0 Å². The van der Waals surface area contributed by atoms with Gasteiger partial charge in [-0.05, 0) is 25.8 Å². The van der Waals surface area contributed by atoms with E-state index in [0.29, 0.717) is 6.04 Å². The summed E-state index contributed by atoms with van der Waals surface area (Å²) in [6.07, 6.45) is 5.64.